The molecule has 64 heavy (non-hydrogen) atoms. The maximum Gasteiger partial charge on any atom is 0.159 e. The van der Waals surface area contributed by atoms with Gasteiger partial charge in [0.2, 0.25) is 0 Å². The van der Waals surface area contributed by atoms with E-state index in [9.17, 15) is 0 Å². The molecular formula is C61H39NO2. The van der Waals surface area contributed by atoms with Crippen LogP contribution in [0.2, 0.25) is 0 Å². The Morgan fingerprint density at radius 2 is 0.844 bits per heavy atom. The predicted molar refractivity (Wildman–Crippen MR) is 264 cm³/mol. The predicted octanol–water partition coefficient (Wildman–Crippen LogP) is 16.7. The summed E-state index contributed by atoms with van der Waals surface area (Å²) in [5.74, 6) is 0. The van der Waals surface area contributed by atoms with E-state index in [1.54, 1.807) is 0 Å². The van der Waals surface area contributed by atoms with Gasteiger partial charge in [0, 0.05) is 32.9 Å². The van der Waals surface area contributed by atoms with Crippen LogP contribution in [0.3, 0.4) is 0 Å². The first kappa shape index (κ1) is 36.3. The second kappa shape index (κ2) is 14.3. The Bertz CT molecular complexity index is 3660. The number of hydrogen-bond acceptors (Lipinski definition) is 3. The van der Waals surface area contributed by atoms with E-state index in [1.165, 1.54) is 44.5 Å². The molecule has 1 aliphatic rings. The number of fused-ring (bicyclic) bond motifs is 9. The van der Waals surface area contributed by atoms with Crippen molar-refractivity contribution in [2.24, 2.45) is 0 Å². The molecule has 13 rings (SSSR count). The molecule has 3 heteroatoms. The average molecular weight is 818 g/mol. The van der Waals surface area contributed by atoms with E-state index < -0.39 is 5.41 Å². The molecule has 0 radical (unpaired) electrons. The Morgan fingerprint density at radius 3 is 1.55 bits per heavy atom. The maximum absolute atomic E-state index is 7.08. The van der Waals surface area contributed by atoms with Crippen molar-refractivity contribution in [1.82, 2.24) is 0 Å². The van der Waals surface area contributed by atoms with Gasteiger partial charge in [-0.1, -0.05) is 182 Å². The number of nitrogens with zero attached hydrogens (tertiary/aromatic N) is 1. The Hall–Kier alpha value is -8.40. The minimum atomic E-state index is -0.546. The first-order valence-corrected chi connectivity index (χ1v) is 21.9. The molecule has 2 heterocycles. The van der Waals surface area contributed by atoms with Gasteiger partial charge in [-0.3, -0.25) is 0 Å². The highest BCUT2D eigenvalue weighted by Gasteiger charge is 2.46. The van der Waals surface area contributed by atoms with E-state index in [1.807, 2.05) is 0 Å². The van der Waals surface area contributed by atoms with Crippen LogP contribution in [-0.4, -0.2) is 0 Å². The largest absolute Gasteiger partial charge is 0.456 e. The summed E-state index contributed by atoms with van der Waals surface area (Å²) in [4.78, 5) is 2.37. The molecule has 0 aliphatic heterocycles. The minimum absolute atomic E-state index is 0.546. The summed E-state index contributed by atoms with van der Waals surface area (Å²) in [6, 6.07) is 85.2. The van der Waals surface area contributed by atoms with Gasteiger partial charge in [0.15, 0.2) is 5.58 Å². The second-order valence-corrected chi connectivity index (χ2v) is 16.8. The molecule has 0 atom stereocenters. The van der Waals surface area contributed by atoms with E-state index in [4.69, 9.17) is 8.83 Å². The first-order valence-electron chi connectivity index (χ1n) is 21.9. The van der Waals surface area contributed by atoms with Gasteiger partial charge in [0.25, 0.3) is 0 Å². The molecule has 3 nitrogen and oxygen atoms in total. The van der Waals surface area contributed by atoms with Crippen molar-refractivity contribution in [1.29, 1.82) is 0 Å². The van der Waals surface area contributed by atoms with Gasteiger partial charge in [-0.05, 0) is 110 Å². The molecule has 1 aliphatic carbocycles. The number of rotatable bonds is 7. The fraction of sp³-hybridized carbons (Fsp3) is 0.0164. The monoisotopic (exact) mass is 817 g/mol. The van der Waals surface area contributed by atoms with E-state index in [0.29, 0.717) is 0 Å². The molecule has 0 amide bonds. The molecule has 0 fully saturated rings. The van der Waals surface area contributed by atoms with Crippen LogP contribution in [-0.2, 0) is 5.41 Å². The summed E-state index contributed by atoms with van der Waals surface area (Å²) in [6.45, 7) is 0. The summed E-state index contributed by atoms with van der Waals surface area (Å²) >= 11 is 0. The Kier molecular flexibility index (Phi) is 8.13. The Morgan fingerprint density at radius 1 is 0.312 bits per heavy atom. The van der Waals surface area contributed by atoms with Crippen molar-refractivity contribution in [3.05, 3.63) is 259 Å². The van der Waals surface area contributed by atoms with Crippen LogP contribution < -0.4 is 4.90 Å². The summed E-state index contributed by atoms with van der Waals surface area (Å²) in [5.41, 5.74) is 17.9. The molecule has 0 bridgehead atoms. The average Bonchev–Trinajstić information content (AvgIpc) is 4.02. The van der Waals surface area contributed by atoms with Gasteiger partial charge in [-0.2, -0.15) is 0 Å². The van der Waals surface area contributed by atoms with Gasteiger partial charge in [-0.25, -0.2) is 0 Å². The lowest BCUT2D eigenvalue weighted by molar-refractivity contribution is 0.664. The summed E-state index contributed by atoms with van der Waals surface area (Å²) in [7, 11) is 0. The van der Waals surface area contributed by atoms with Crippen molar-refractivity contribution < 1.29 is 8.83 Å². The molecule has 10 aromatic carbocycles. The molecule has 0 spiro atoms. The van der Waals surface area contributed by atoms with Gasteiger partial charge < -0.3 is 13.7 Å². The van der Waals surface area contributed by atoms with Crippen LogP contribution in [0.5, 0.6) is 0 Å². The first-order chi connectivity index (χ1) is 31.7. The van der Waals surface area contributed by atoms with Crippen LogP contribution in [0.4, 0.5) is 17.1 Å². The van der Waals surface area contributed by atoms with Gasteiger partial charge in [0.1, 0.15) is 16.7 Å². The number of furan rings is 2. The van der Waals surface area contributed by atoms with Crippen molar-refractivity contribution in [3.8, 4) is 33.4 Å². The van der Waals surface area contributed by atoms with E-state index >= 15 is 0 Å². The van der Waals surface area contributed by atoms with Gasteiger partial charge in [-0.15, -0.1) is 0 Å². The molecule has 0 saturated heterocycles. The molecule has 2 aromatic heterocycles. The number of hydrogen-bond donors (Lipinski definition) is 0. The van der Waals surface area contributed by atoms with Gasteiger partial charge >= 0.3 is 0 Å². The lowest BCUT2D eigenvalue weighted by Gasteiger charge is -2.35. The molecular weight excluding hydrogens is 779 g/mol. The molecule has 300 valence electrons. The minimum Gasteiger partial charge on any atom is -0.456 e. The standard InChI is InChI=1S/C61H39NO2/c1-5-16-40(17-6-1)42-28-31-46(32-29-42)62(47-33-34-49-48-24-13-14-26-54(48)61(55(49)37-47,44-20-9-3-10-21-44)45-22-11-4-12-23-45)56-27-15-25-50-52-38-58-53(39-59(52)64-60(50)56)51-36-43(30-35-57(51)63-58)41-18-7-2-8-19-41/h1-39H. The number of para-hydroxylation sites is 1. The van der Waals surface area contributed by atoms with Crippen molar-refractivity contribution in [3.63, 3.8) is 0 Å². The zero-order valence-corrected chi connectivity index (χ0v) is 34.8. The van der Waals surface area contributed by atoms with Crippen LogP contribution in [0.15, 0.2) is 245 Å². The Balaban J connectivity index is 1.04. The van der Waals surface area contributed by atoms with Crippen molar-refractivity contribution in [2.45, 2.75) is 5.41 Å². The quantitative estimate of drug-likeness (QED) is 0.160. The maximum atomic E-state index is 7.08. The lowest BCUT2D eigenvalue weighted by Crippen LogP contribution is -2.28. The topological polar surface area (TPSA) is 29.5 Å². The lowest BCUT2D eigenvalue weighted by atomic mass is 9.67. The highest BCUT2D eigenvalue weighted by atomic mass is 16.3. The van der Waals surface area contributed by atoms with Crippen molar-refractivity contribution >= 4 is 60.9 Å². The van der Waals surface area contributed by atoms with Gasteiger partial charge in [0.05, 0.1) is 11.1 Å². The highest BCUT2D eigenvalue weighted by molar-refractivity contribution is 6.17. The Labute approximate surface area is 370 Å². The number of benzene rings is 10. The fourth-order valence-electron chi connectivity index (χ4n) is 10.5. The number of anilines is 3. The smallest absolute Gasteiger partial charge is 0.159 e. The van der Waals surface area contributed by atoms with Crippen LogP contribution in [0, 0.1) is 0 Å². The summed E-state index contributed by atoms with van der Waals surface area (Å²) in [5, 5.41) is 4.15. The normalized spacial score (nSPS) is 12.8. The molecule has 12 aromatic rings. The zero-order valence-electron chi connectivity index (χ0n) is 34.8. The van der Waals surface area contributed by atoms with Crippen molar-refractivity contribution in [2.75, 3.05) is 4.90 Å². The SMILES string of the molecule is c1ccc(-c2ccc(N(c3ccc4c(c3)C(c3ccccc3)(c3ccccc3)c3ccccc3-4)c3cccc4c3oc3cc5c(cc34)oc3ccc(-c4ccccc4)cc35)cc2)cc1. The molecule has 0 N–H and O–H groups in total. The highest BCUT2D eigenvalue weighted by Crippen LogP contribution is 2.57. The van der Waals surface area contributed by atoms with E-state index in [2.05, 4.69) is 241 Å². The third-order valence-corrected chi connectivity index (χ3v) is 13.3. The van der Waals surface area contributed by atoms with Crippen LogP contribution in [0.1, 0.15) is 22.3 Å². The zero-order chi connectivity index (χ0) is 42.2. The second-order valence-electron chi connectivity index (χ2n) is 16.8. The molecule has 0 unspecified atom stereocenters. The van der Waals surface area contributed by atoms with Crippen LogP contribution >= 0.6 is 0 Å². The summed E-state index contributed by atoms with van der Waals surface area (Å²) < 4.78 is 13.6. The molecule has 0 saturated carbocycles. The third kappa shape index (κ3) is 5.47. The van der Waals surface area contributed by atoms with E-state index in [-0.39, 0.29) is 0 Å². The summed E-state index contributed by atoms with van der Waals surface area (Å²) in [6.07, 6.45) is 0. The third-order valence-electron chi connectivity index (χ3n) is 13.3. The van der Waals surface area contributed by atoms with Crippen LogP contribution in [0.25, 0.3) is 77.3 Å². The van der Waals surface area contributed by atoms with E-state index in [0.717, 1.165) is 72.1 Å². The fourth-order valence-corrected chi connectivity index (χ4v) is 10.5.